The van der Waals surface area contributed by atoms with Crippen LogP contribution >= 0.6 is 0 Å². The SMILES string of the molecule is CC(=O)O[C@H]1CC[C@@]2(C)[C@@H](CC[C@@]3(C)[C@@H]4CC[C@H]([C@H](C)C=C[C@H](C)C(C)C)[C@@]4(C)CC(=O)[C@H]23)C1. The van der Waals surface area contributed by atoms with Crippen LogP contribution in [0.3, 0.4) is 0 Å². The van der Waals surface area contributed by atoms with Crippen LogP contribution in [0.25, 0.3) is 0 Å². The number of esters is 1. The van der Waals surface area contributed by atoms with E-state index < -0.39 is 0 Å². The summed E-state index contributed by atoms with van der Waals surface area (Å²) in [5.41, 5.74) is 0.274. The quantitative estimate of drug-likeness (QED) is 0.306. The molecule has 0 aromatic carbocycles. The lowest BCUT2D eigenvalue weighted by Gasteiger charge is -2.65. The molecule has 4 aliphatic carbocycles. The second-order valence-electron chi connectivity index (χ2n) is 13.9. The fraction of sp³-hybridized carbons (Fsp3) is 0.871. The van der Waals surface area contributed by atoms with Gasteiger partial charge in [-0.05, 0) is 96.7 Å². The molecule has 0 aromatic heterocycles. The Morgan fingerprint density at radius 2 is 1.62 bits per heavy atom. The summed E-state index contributed by atoms with van der Waals surface area (Å²) in [5.74, 6) is 4.05. The van der Waals surface area contributed by atoms with Crippen molar-refractivity contribution in [2.24, 2.45) is 57.7 Å². The van der Waals surface area contributed by atoms with E-state index in [0.29, 0.717) is 41.3 Å². The number of Topliss-reactive ketones (excluding diaryl/α,β-unsaturated/α-hetero) is 1. The Balaban J connectivity index is 1.57. The molecule has 0 bridgehead atoms. The van der Waals surface area contributed by atoms with Gasteiger partial charge in [0.1, 0.15) is 11.9 Å². The molecule has 3 nitrogen and oxygen atoms in total. The molecule has 0 amide bonds. The highest BCUT2D eigenvalue weighted by molar-refractivity contribution is 5.85. The van der Waals surface area contributed by atoms with Gasteiger partial charge in [0.15, 0.2) is 0 Å². The number of hydrogen-bond donors (Lipinski definition) is 0. The standard InChI is InChI=1S/C31H50O3/c1-19(2)20(3)9-10-21(4)25-11-12-27-30(7)15-13-23-17-24(34-22(5)32)14-16-29(23,6)28(30)26(33)18-31(25,27)8/h9-10,19-21,23-25,27-28H,11-18H2,1-8H3/t20-,21+,23-,24-,25+,27-,28+,29-,30-,31+/m0/s1. The van der Waals surface area contributed by atoms with Crippen molar-refractivity contribution in [2.45, 2.75) is 113 Å². The summed E-state index contributed by atoms with van der Waals surface area (Å²) in [6.07, 6.45) is 13.4. The largest absolute Gasteiger partial charge is 0.463 e. The van der Waals surface area contributed by atoms with Gasteiger partial charge in [-0.1, -0.05) is 60.6 Å². The maximum absolute atomic E-state index is 14.1. The Morgan fingerprint density at radius 3 is 2.26 bits per heavy atom. The van der Waals surface area contributed by atoms with Gasteiger partial charge in [0, 0.05) is 19.3 Å². The van der Waals surface area contributed by atoms with Crippen LogP contribution in [0, 0.1) is 57.7 Å². The molecule has 0 saturated heterocycles. The molecule has 4 aliphatic rings. The minimum atomic E-state index is -0.165. The van der Waals surface area contributed by atoms with Gasteiger partial charge in [-0.15, -0.1) is 0 Å². The van der Waals surface area contributed by atoms with Gasteiger partial charge >= 0.3 is 5.97 Å². The fourth-order valence-electron chi connectivity index (χ4n) is 9.69. The van der Waals surface area contributed by atoms with Gasteiger partial charge in [-0.2, -0.15) is 0 Å². The molecule has 4 rings (SSSR count). The third-order valence-corrected chi connectivity index (χ3v) is 11.7. The van der Waals surface area contributed by atoms with Crippen LogP contribution in [0.5, 0.6) is 0 Å². The van der Waals surface area contributed by atoms with E-state index in [4.69, 9.17) is 4.74 Å². The van der Waals surface area contributed by atoms with E-state index >= 15 is 0 Å². The molecule has 0 N–H and O–H groups in total. The first kappa shape index (κ1) is 26.0. The highest BCUT2D eigenvalue weighted by atomic mass is 16.5. The van der Waals surface area contributed by atoms with E-state index in [-0.39, 0.29) is 34.2 Å². The maximum atomic E-state index is 14.1. The first-order chi connectivity index (χ1) is 15.8. The first-order valence-electron chi connectivity index (χ1n) is 14.2. The molecule has 34 heavy (non-hydrogen) atoms. The summed E-state index contributed by atoms with van der Waals surface area (Å²) in [6, 6.07) is 0. The molecule has 0 aromatic rings. The second-order valence-corrected chi connectivity index (χ2v) is 13.9. The van der Waals surface area contributed by atoms with Crippen molar-refractivity contribution >= 4 is 11.8 Å². The maximum Gasteiger partial charge on any atom is 0.302 e. The molecular weight excluding hydrogens is 420 g/mol. The number of fused-ring (bicyclic) bond motifs is 5. The Kier molecular flexibility index (Phi) is 6.93. The monoisotopic (exact) mass is 470 g/mol. The Labute approximate surface area is 208 Å². The predicted octanol–water partition coefficient (Wildman–Crippen LogP) is 7.63. The number of hydrogen-bond acceptors (Lipinski definition) is 3. The van der Waals surface area contributed by atoms with Gasteiger partial charge in [-0.25, -0.2) is 0 Å². The molecule has 0 unspecified atom stereocenters. The van der Waals surface area contributed by atoms with Crippen molar-refractivity contribution in [2.75, 3.05) is 0 Å². The van der Waals surface area contributed by atoms with Crippen molar-refractivity contribution in [3.8, 4) is 0 Å². The van der Waals surface area contributed by atoms with Crippen molar-refractivity contribution < 1.29 is 14.3 Å². The summed E-state index contributed by atoms with van der Waals surface area (Å²) in [7, 11) is 0. The van der Waals surface area contributed by atoms with Crippen molar-refractivity contribution in [1.29, 1.82) is 0 Å². The summed E-state index contributed by atoms with van der Waals surface area (Å²) < 4.78 is 5.62. The molecule has 192 valence electrons. The van der Waals surface area contributed by atoms with Crippen LogP contribution in [0.4, 0.5) is 0 Å². The van der Waals surface area contributed by atoms with Crippen molar-refractivity contribution in [1.82, 2.24) is 0 Å². The van der Waals surface area contributed by atoms with Crippen molar-refractivity contribution in [3.63, 3.8) is 0 Å². The van der Waals surface area contributed by atoms with E-state index in [1.807, 2.05) is 0 Å². The van der Waals surface area contributed by atoms with Crippen LogP contribution in [0.1, 0.15) is 107 Å². The number of allylic oxidation sites excluding steroid dienone is 2. The zero-order valence-electron chi connectivity index (χ0n) is 23.2. The smallest absolute Gasteiger partial charge is 0.302 e. The number of carbonyl (C=O) groups excluding carboxylic acids is 2. The highest BCUT2D eigenvalue weighted by Crippen LogP contribution is 2.72. The average molecular weight is 471 g/mol. The third kappa shape index (κ3) is 4.11. The normalized spacial score (nSPS) is 46.0. The van der Waals surface area contributed by atoms with Gasteiger partial charge in [0.2, 0.25) is 0 Å². The van der Waals surface area contributed by atoms with Crippen LogP contribution in [-0.4, -0.2) is 17.9 Å². The lowest BCUT2D eigenvalue weighted by Crippen LogP contribution is -2.62. The molecule has 0 aliphatic heterocycles. The molecule has 0 spiro atoms. The van der Waals surface area contributed by atoms with E-state index in [2.05, 4.69) is 60.6 Å². The highest BCUT2D eigenvalue weighted by Gasteiger charge is 2.68. The molecule has 3 heteroatoms. The molecule has 0 heterocycles. The lowest BCUT2D eigenvalue weighted by molar-refractivity contribution is -0.188. The Bertz CT molecular complexity index is 829. The van der Waals surface area contributed by atoms with Crippen molar-refractivity contribution in [3.05, 3.63) is 12.2 Å². The van der Waals surface area contributed by atoms with Gasteiger partial charge in [0.25, 0.3) is 0 Å². The van der Waals surface area contributed by atoms with E-state index in [1.54, 1.807) is 0 Å². The van der Waals surface area contributed by atoms with E-state index in [1.165, 1.54) is 26.2 Å². The Morgan fingerprint density at radius 1 is 0.941 bits per heavy atom. The summed E-state index contributed by atoms with van der Waals surface area (Å²) in [6.45, 7) is 18.2. The summed E-state index contributed by atoms with van der Waals surface area (Å²) >= 11 is 0. The van der Waals surface area contributed by atoms with Crippen LogP contribution < -0.4 is 0 Å². The lowest BCUT2D eigenvalue weighted by atomic mass is 9.39. The first-order valence-corrected chi connectivity index (χ1v) is 14.2. The number of carbonyl (C=O) groups is 2. The zero-order chi connectivity index (χ0) is 25.1. The molecule has 10 atom stereocenters. The molecule has 0 radical (unpaired) electrons. The average Bonchev–Trinajstić information content (AvgIpc) is 3.09. The predicted molar refractivity (Wildman–Crippen MR) is 138 cm³/mol. The number of ketones is 1. The molecule has 4 saturated carbocycles. The molecular formula is C31H50O3. The third-order valence-electron chi connectivity index (χ3n) is 11.7. The van der Waals surface area contributed by atoms with E-state index in [0.717, 1.165) is 32.1 Å². The molecule has 4 fully saturated rings. The Hall–Kier alpha value is -1.12. The van der Waals surface area contributed by atoms with Crippen LogP contribution in [0.2, 0.25) is 0 Å². The minimum Gasteiger partial charge on any atom is -0.463 e. The van der Waals surface area contributed by atoms with E-state index in [9.17, 15) is 9.59 Å². The van der Waals surface area contributed by atoms with Crippen LogP contribution in [-0.2, 0) is 14.3 Å². The van der Waals surface area contributed by atoms with Gasteiger partial charge < -0.3 is 4.74 Å². The minimum absolute atomic E-state index is 0.0422. The zero-order valence-corrected chi connectivity index (χ0v) is 23.2. The summed E-state index contributed by atoms with van der Waals surface area (Å²) in [4.78, 5) is 25.7. The number of ether oxygens (including phenoxy) is 1. The topological polar surface area (TPSA) is 43.4 Å². The second kappa shape index (κ2) is 9.07. The number of rotatable bonds is 5. The van der Waals surface area contributed by atoms with Gasteiger partial charge in [0.05, 0.1) is 0 Å². The fourth-order valence-corrected chi connectivity index (χ4v) is 9.69. The summed E-state index contributed by atoms with van der Waals surface area (Å²) in [5, 5.41) is 0. The van der Waals surface area contributed by atoms with Crippen LogP contribution in [0.15, 0.2) is 12.2 Å². The van der Waals surface area contributed by atoms with Gasteiger partial charge in [-0.3, -0.25) is 9.59 Å².